The molecule has 0 aromatic carbocycles. The Morgan fingerprint density at radius 1 is 1.56 bits per heavy atom. The van der Waals surface area contributed by atoms with E-state index in [4.69, 9.17) is 9.84 Å². The van der Waals surface area contributed by atoms with Crippen LogP contribution in [0.4, 0.5) is 0 Å². The maximum absolute atomic E-state index is 10.9. The molecule has 0 unspecified atom stereocenters. The molecule has 0 aliphatic carbocycles. The number of aromatic carboxylic acids is 1. The molecular weight excluding hydrogens is 228 g/mol. The zero-order valence-electron chi connectivity index (χ0n) is 8.65. The van der Waals surface area contributed by atoms with Crippen LogP contribution in [0.2, 0.25) is 0 Å². The molecule has 1 aromatic heterocycles. The second kappa shape index (κ2) is 5.93. The summed E-state index contributed by atoms with van der Waals surface area (Å²) >= 11 is 1.24. The normalized spacial score (nSPS) is 9.06. The molecule has 1 heterocycles. The highest BCUT2D eigenvalue weighted by atomic mass is 32.1. The fourth-order valence-electron chi connectivity index (χ4n) is 0.929. The van der Waals surface area contributed by atoms with Crippen molar-refractivity contribution in [1.29, 1.82) is 0 Å². The zero-order valence-corrected chi connectivity index (χ0v) is 9.47. The third-order valence-electron chi connectivity index (χ3n) is 1.60. The van der Waals surface area contributed by atoms with E-state index in [9.17, 15) is 9.59 Å². The smallest absolute Gasteiger partial charge is 0.336 e. The van der Waals surface area contributed by atoms with Gasteiger partial charge in [-0.25, -0.2) is 4.79 Å². The highest BCUT2D eigenvalue weighted by molar-refractivity contribution is 7.10. The van der Waals surface area contributed by atoms with E-state index in [-0.39, 0.29) is 18.0 Å². The molecule has 0 atom stereocenters. The van der Waals surface area contributed by atoms with E-state index in [1.165, 1.54) is 22.8 Å². The molecule has 0 fully saturated rings. The van der Waals surface area contributed by atoms with Crippen LogP contribution in [0.5, 0.6) is 0 Å². The largest absolute Gasteiger partial charge is 0.478 e. The maximum Gasteiger partial charge on any atom is 0.336 e. The third kappa shape index (κ3) is 3.75. The maximum atomic E-state index is 10.9. The average Bonchev–Trinajstić information content (AvgIpc) is 2.67. The lowest BCUT2D eigenvalue weighted by molar-refractivity contribution is -0.141. The predicted molar refractivity (Wildman–Crippen MR) is 59.4 cm³/mol. The summed E-state index contributed by atoms with van der Waals surface area (Å²) in [5.74, 6) is 4.00. The van der Waals surface area contributed by atoms with Gasteiger partial charge in [-0.1, -0.05) is 11.8 Å². The molecular formula is C11H10O4S. The molecule has 0 saturated carbocycles. The molecule has 1 rings (SSSR count). The third-order valence-corrected chi connectivity index (χ3v) is 2.44. The number of carbonyl (C=O) groups is 2. The number of hydrogen-bond acceptors (Lipinski definition) is 4. The van der Waals surface area contributed by atoms with E-state index in [0.717, 1.165) is 0 Å². The van der Waals surface area contributed by atoms with Gasteiger partial charge in [-0.15, -0.1) is 11.3 Å². The van der Waals surface area contributed by atoms with Crippen molar-refractivity contribution < 1.29 is 19.4 Å². The molecule has 0 radical (unpaired) electrons. The van der Waals surface area contributed by atoms with Crippen LogP contribution in [-0.4, -0.2) is 23.7 Å². The Morgan fingerprint density at radius 2 is 2.31 bits per heavy atom. The average molecular weight is 238 g/mol. The van der Waals surface area contributed by atoms with Gasteiger partial charge in [0.2, 0.25) is 0 Å². The van der Waals surface area contributed by atoms with Gasteiger partial charge in [-0.3, -0.25) is 4.79 Å². The first-order valence-electron chi connectivity index (χ1n) is 4.59. The van der Waals surface area contributed by atoms with Crippen molar-refractivity contribution in [1.82, 2.24) is 0 Å². The number of carbonyl (C=O) groups excluding carboxylic acids is 1. The molecule has 0 amide bonds. The fraction of sp³-hybridized carbons (Fsp3) is 0.273. The summed E-state index contributed by atoms with van der Waals surface area (Å²) in [6.07, 6.45) is 0.0220. The van der Waals surface area contributed by atoms with E-state index in [2.05, 4.69) is 11.8 Å². The van der Waals surface area contributed by atoms with Gasteiger partial charge >= 0.3 is 11.9 Å². The summed E-state index contributed by atoms with van der Waals surface area (Å²) in [6.45, 7) is 2.06. The lowest BCUT2D eigenvalue weighted by atomic mass is 10.3. The van der Waals surface area contributed by atoms with E-state index in [0.29, 0.717) is 11.5 Å². The number of rotatable bonds is 3. The van der Waals surface area contributed by atoms with Gasteiger partial charge < -0.3 is 9.84 Å². The van der Waals surface area contributed by atoms with Gasteiger partial charge in [0.05, 0.1) is 17.0 Å². The van der Waals surface area contributed by atoms with Gasteiger partial charge in [0, 0.05) is 5.38 Å². The lowest BCUT2D eigenvalue weighted by Gasteiger charge is -1.94. The van der Waals surface area contributed by atoms with E-state index in [1.54, 1.807) is 6.92 Å². The van der Waals surface area contributed by atoms with Crippen LogP contribution in [-0.2, 0) is 9.53 Å². The molecule has 0 aliphatic rings. The van der Waals surface area contributed by atoms with Crippen LogP contribution in [0.15, 0.2) is 11.4 Å². The standard InChI is InChI=1S/C11H10O4S/c1-2-15-10(12)5-3-4-9-6-8(7-16-9)11(13)14/h6-7H,2,5H2,1H3,(H,13,14). The van der Waals surface area contributed by atoms with Crippen molar-refractivity contribution in [2.24, 2.45) is 0 Å². The SMILES string of the molecule is CCOC(=O)CC#Cc1cc(C(=O)O)cs1. The predicted octanol–water partition coefficient (Wildman–Crippen LogP) is 1.75. The molecule has 0 spiro atoms. The molecule has 0 aliphatic heterocycles. The van der Waals surface area contributed by atoms with Gasteiger partial charge in [0.25, 0.3) is 0 Å². The van der Waals surface area contributed by atoms with E-state index < -0.39 is 5.97 Å². The Kier molecular flexibility index (Phi) is 4.55. The number of esters is 1. The number of carboxylic acid groups (broad SMARTS) is 1. The first kappa shape index (κ1) is 12.3. The quantitative estimate of drug-likeness (QED) is 0.643. The Morgan fingerprint density at radius 3 is 2.88 bits per heavy atom. The molecule has 16 heavy (non-hydrogen) atoms. The van der Waals surface area contributed by atoms with Gasteiger partial charge in [-0.05, 0) is 13.0 Å². The minimum atomic E-state index is -0.977. The van der Waals surface area contributed by atoms with E-state index in [1.807, 2.05) is 0 Å². The van der Waals surface area contributed by atoms with Crippen molar-refractivity contribution in [2.45, 2.75) is 13.3 Å². The molecule has 0 saturated heterocycles. The summed E-state index contributed by atoms with van der Waals surface area (Å²) in [4.78, 5) is 22.1. The summed E-state index contributed by atoms with van der Waals surface area (Å²) < 4.78 is 4.69. The van der Waals surface area contributed by atoms with Gasteiger partial charge in [0.1, 0.15) is 6.42 Å². The first-order chi connectivity index (χ1) is 7.63. The summed E-state index contributed by atoms with van der Waals surface area (Å²) in [6, 6.07) is 1.48. The summed E-state index contributed by atoms with van der Waals surface area (Å²) in [7, 11) is 0. The van der Waals surface area contributed by atoms with Gasteiger partial charge in [-0.2, -0.15) is 0 Å². The van der Waals surface area contributed by atoms with Crippen molar-refractivity contribution in [3.05, 3.63) is 21.9 Å². The van der Waals surface area contributed by atoms with E-state index >= 15 is 0 Å². The Hall–Kier alpha value is -1.80. The monoisotopic (exact) mass is 238 g/mol. The minimum Gasteiger partial charge on any atom is -0.478 e. The zero-order chi connectivity index (χ0) is 12.0. The highest BCUT2D eigenvalue weighted by Crippen LogP contribution is 2.13. The molecule has 5 heteroatoms. The summed E-state index contributed by atoms with van der Waals surface area (Å²) in [5.41, 5.74) is 0.213. The first-order valence-corrected chi connectivity index (χ1v) is 5.47. The number of carboxylic acids is 1. The van der Waals surface area contributed by atoms with Crippen LogP contribution in [0.3, 0.4) is 0 Å². The molecule has 1 aromatic rings. The molecule has 0 bridgehead atoms. The Bertz CT molecular complexity index is 450. The number of thiophene rings is 1. The van der Waals surface area contributed by atoms with Crippen molar-refractivity contribution in [3.8, 4) is 11.8 Å². The lowest BCUT2D eigenvalue weighted by Crippen LogP contribution is -2.01. The van der Waals surface area contributed by atoms with Crippen LogP contribution in [0.1, 0.15) is 28.6 Å². The summed E-state index contributed by atoms with van der Waals surface area (Å²) in [5, 5.41) is 10.2. The molecule has 1 N–H and O–H groups in total. The highest BCUT2D eigenvalue weighted by Gasteiger charge is 2.04. The number of hydrogen-bond donors (Lipinski definition) is 1. The Labute approximate surface area is 96.9 Å². The second-order valence-corrected chi connectivity index (χ2v) is 3.70. The van der Waals surface area contributed by atoms with Crippen LogP contribution in [0, 0.1) is 11.8 Å². The second-order valence-electron chi connectivity index (χ2n) is 2.79. The Balaban J connectivity index is 2.56. The van der Waals surface area contributed by atoms with Crippen LogP contribution in [0.25, 0.3) is 0 Å². The van der Waals surface area contributed by atoms with Crippen molar-refractivity contribution >= 4 is 23.3 Å². The topological polar surface area (TPSA) is 63.6 Å². The van der Waals surface area contributed by atoms with Gasteiger partial charge in [0.15, 0.2) is 0 Å². The van der Waals surface area contributed by atoms with Crippen LogP contribution < -0.4 is 0 Å². The number of ether oxygens (including phenoxy) is 1. The van der Waals surface area contributed by atoms with Crippen LogP contribution >= 0.6 is 11.3 Å². The van der Waals surface area contributed by atoms with Crippen molar-refractivity contribution in [3.63, 3.8) is 0 Å². The molecule has 84 valence electrons. The van der Waals surface area contributed by atoms with Crippen molar-refractivity contribution in [2.75, 3.05) is 6.61 Å². The fourth-order valence-corrected chi connectivity index (χ4v) is 1.68. The molecule has 4 nitrogen and oxygen atoms in total. The minimum absolute atomic E-state index is 0.0220.